The molecular weight excluding hydrogens is 295 g/mol. The average molecular weight is 306 g/mol. The van der Waals surface area contributed by atoms with Crippen molar-refractivity contribution in [2.75, 3.05) is 6.54 Å². The monoisotopic (exact) mass is 306 g/mol. The first-order chi connectivity index (χ1) is 10.1. The summed E-state index contributed by atoms with van der Waals surface area (Å²) in [6.45, 7) is -0.108. The van der Waals surface area contributed by atoms with E-state index in [1.807, 2.05) is 0 Å². The lowest BCUT2D eigenvalue weighted by molar-refractivity contribution is 0.0945. The second-order valence-corrected chi connectivity index (χ2v) is 4.45. The van der Waals surface area contributed by atoms with Crippen molar-refractivity contribution in [2.24, 2.45) is 0 Å². The van der Waals surface area contributed by atoms with Crippen LogP contribution in [0.25, 0.3) is 0 Å². The molecule has 1 aromatic carbocycles. The smallest absolute Gasteiger partial charge is 0.293 e. The van der Waals surface area contributed by atoms with Gasteiger partial charge in [-0.1, -0.05) is 0 Å². The highest BCUT2D eigenvalue weighted by Gasteiger charge is 2.11. The van der Waals surface area contributed by atoms with Crippen LogP contribution in [-0.4, -0.2) is 23.3 Å². The fourth-order valence-electron chi connectivity index (χ4n) is 1.52. The molecule has 1 aromatic heterocycles. The number of nitrogens with one attached hydrogen (secondary N) is 2. The van der Waals surface area contributed by atoms with E-state index < -0.39 is 11.7 Å². The Balaban J connectivity index is 1.82. The summed E-state index contributed by atoms with van der Waals surface area (Å²) in [5.41, 5.74) is 0.351. The number of carbonyl (C=O) groups excluding carboxylic acids is 2. The molecule has 0 saturated heterocycles. The maximum atomic E-state index is 12.7. The molecule has 108 valence electrons. The van der Waals surface area contributed by atoms with Crippen molar-refractivity contribution < 1.29 is 18.4 Å². The van der Waals surface area contributed by atoms with Crippen LogP contribution in [0.5, 0.6) is 0 Å². The number of hydrogen-bond donors (Lipinski definition) is 2. The fraction of sp³-hybridized carbons (Fsp3) is 0.0714. The molecule has 0 atom stereocenters. The minimum Gasteiger partial charge on any atom is -0.459 e. The molecule has 0 radical (unpaired) electrons. The fourth-order valence-corrected chi connectivity index (χ4v) is 1.68. The number of furan rings is 1. The standard InChI is InChI=1S/C14H11FN2O3S/c15-10-5-3-9(4-6-10)11(18)8-16-14(21)17-13(19)12-2-1-7-20-12/h1-7H,8H2,(H2,16,17,19,21). The normalized spacial score (nSPS) is 9.95. The van der Waals surface area contributed by atoms with Crippen molar-refractivity contribution in [2.45, 2.75) is 0 Å². The van der Waals surface area contributed by atoms with E-state index in [-0.39, 0.29) is 23.2 Å². The third-order valence-corrected chi connectivity index (χ3v) is 2.79. The minimum absolute atomic E-state index is 0.00635. The predicted molar refractivity (Wildman–Crippen MR) is 77.5 cm³/mol. The number of ketones is 1. The number of benzene rings is 1. The number of amides is 1. The summed E-state index contributed by atoms with van der Waals surface area (Å²) in [4.78, 5) is 23.4. The van der Waals surface area contributed by atoms with Crippen LogP contribution in [0.2, 0.25) is 0 Å². The first kappa shape index (κ1) is 14.9. The van der Waals surface area contributed by atoms with Gasteiger partial charge in [-0.3, -0.25) is 14.9 Å². The summed E-state index contributed by atoms with van der Waals surface area (Å²) < 4.78 is 17.6. The van der Waals surface area contributed by atoms with E-state index in [1.54, 1.807) is 6.07 Å². The largest absolute Gasteiger partial charge is 0.459 e. The lowest BCUT2D eigenvalue weighted by Crippen LogP contribution is -2.41. The number of carbonyl (C=O) groups is 2. The van der Waals surface area contributed by atoms with Gasteiger partial charge in [-0.15, -0.1) is 0 Å². The molecule has 0 aliphatic carbocycles. The second kappa shape index (κ2) is 6.76. The maximum absolute atomic E-state index is 12.7. The quantitative estimate of drug-likeness (QED) is 0.667. The van der Waals surface area contributed by atoms with Gasteiger partial charge in [0.1, 0.15) is 5.82 Å². The van der Waals surface area contributed by atoms with Crippen LogP contribution in [0.4, 0.5) is 4.39 Å². The highest BCUT2D eigenvalue weighted by Crippen LogP contribution is 2.03. The Morgan fingerprint density at radius 2 is 1.90 bits per heavy atom. The second-order valence-electron chi connectivity index (χ2n) is 4.04. The van der Waals surface area contributed by atoms with Crippen LogP contribution >= 0.6 is 12.2 Å². The Bertz CT molecular complexity index is 653. The van der Waals surface area contributed by atoms with Gasteiger partial charge >= 0.3 is 0 Å². The van der Waals surface area contributed by atoms with Gasteiger partial charge in [-0.2, -0.15) is 0 Å². The Morgan fingerprint density at radius 3 is 2.52 bits per heavy atom. The molecule has 0 fully saturated rings. The van der Waals surface area contributed by atoms with Gasteiger partial charge in [0.15, 0.2) is 16.7 Å². The van der Waals surface area contributed by atoms with Crippen molar-refractivity contribution in [3.05, 3.63) is 59.8 Å². The number of rotatable bonds is 4. The molecule has 1 heterocycles. The Morgan fingerprint density at radius 1 is 1.19 bits per heavy atom. The van der Waals surface area contributed by atoms with Gasteiger partial charge in [0.05, 0.1) is 12.8 Å². The molecule has 21 heavy (non-hydrogen) atoms. The van der Waals surface area contributed by atoms with Gasteiger partial charge in [0.2, 0.25) is 0 Å². The van der Waals surface area contributed by atoms with E-state index in [2.05, 4.69) is 10.6 Å². The predicted octanol–water partition coefficient (Wildman–Crippen LogP) is 1.91. The Hall–Kier alpha value is -2.54. The topological polar surface area (TPSA) is 71.3 Å². The molecule has 2 aromatic rings. The number of hydrogen-bond acceptors (Lipinski definition) is 4. The van der Waals surface area contributed by atoms with Crippen LogP contribution in [0, 0.1) is 5.82 Å². The summed E-state index contributed by atoms with van der Waals surface area (Å²) >= 11 is 4.90. The summed E-state index contributed by atoms with van der Waals surface area (Å²) in [6, 6.07) is 8.22. The third kappa shape index (κ3) is 4.22. The number of thiocarbonyl (C=S) groups is 1. The van der Waals surface area contributed by atoms with Gasteiger partial charge in [-0.05, 0) is 48.6 Å². The van der Waals surface area contributed by atoms with Crippen molar-refractivity contribution >= 4 is 29.0 Å². The lowest BCUT2D eigenvalue weighted by Gasteiger charge is -2.08. The van der Waals surface area contributed by atoms with Crippen molar-refractivity contribution in [3.63, 3.8) is 0 Å². The van der Waals surface area contributed by atoms with Crippen LogP contribution in [0.3, 0.4) is 0 Å². The molecular formula is C14H11FN2O3S. The molecule has 0 aliphatic heterocycles. The van der Waals surface area contributed by atoms with Gasteiger partial charge in [0, 0.05) is 5.56 Å². The molecule has 0 saturated carbocycles. The first-order valence-corrected chi connectivity index (χ1v) is 6.38. The highest BCUT2D eigenvalue weighted by molar-refractivity contribution is 7.80. The zero-order valence-corrected chi connectivity index (χ0v) is 11.6. The van der Waals surface area contributed by atoms with Gasteiger partial charge in [0.25, 0.3) is 5.91 Å². The minimum atomic E-state index is -0.508. The number of halogens is 1. The first-order valence-electron chi connectivity index (χ1n) is 5.97. The summed E-state index contributed by atoms with van der Waals surface area (Å²) in [5.74, 6) is -1.08. The van der Waals surface area contributed by atoms with E-state index in [9.17, 15) is 14.0 Å². The van der Waals surface area contributed by atoms with E-state index in [0.717, 1.165) is 0 Å². The molecule has 5 nitrogen and oxygen atoms in total. The molecule has 2 N–H and O–H groups in total. The van der Waals surface area contributed by atoms with Gasteiger partial charge in [-0.25, -0.2) is 4.39 Å². The van der Waals surface area contributed by atoms with E-state index in [1.165, 1.54) is 36.6 Å². The third-order valence-electron chi connectivity index (χ3n) is 2.55. The summed E-state index contributed by atoms with van der Waals surface area (Å²) in [6.07, 6.45) is 1.36. The molecule has 0 aliphatic rings. The van der Waals surface area contributed by atoms with Crippen molar-refractivity contribution in [1.82, 2.24) is 10.6 Å². The Labute approximate surface area is 125 Å². The van der Waals surface area contributed by atoms with Crippen molar-refractivity contribution in [1.29, 1.82) is 0 Å². The zero-order valence-electron chi connectivity index (χ0n) is 10.8. The molecule has 0 unspecified atom stereocenters. The van der Waals surface area contributed by atoms with Crippen LogP contribution in [-0.2, 0) is 0 Å². The molecule has 7 heteroatoms. The van der Waals surface area contributed by atoms with Crippen LogP contribution < -0.4 is 10.6 Å². The lowest BCUT2D eigenvalue weighted by atomic mass is 10.1. The molecule has 1 amide bonds. The molecule has 2 rings (SSSR count). The summed E-state index contributed by atoms with van der Waals surface area (Å²) in [7, 11) is 0. The maximum Gasteiger partial charge on any atom is 0.293 e. The van der Waals surface area contributed by atoms with E-state index in [0.29, 0.717) is 5.56 Å². The van der Waals surface area contributed by atoms with Crippen LogP contribution in [0.1, 0.15) is 20.9 Å². The van der Waals surface area contributed by atoms with Crippen LogP contribution in [0.15, 0.2) is 47.1 Å². The Kier molecular flexibility index (Phi) is 4.78. The van der Waals surface area contributed by atoms with E-state index >= 15 is 0 Å². The van der Waals surface area contributed by atoms with Crippen molar-refractivity contribution in [3.8, 4) is 0 Å². The summed E-state index contributed by atoms with van der Waals surface area (Å²) in [5, 5.41) is 4.98. The van der Waals surface area contributed by atoms with E-state index in [4.69, 9.17) is 16.6 Å². The van der Waals surface area contributed by atoms with Gasteiger partial charge < -0.3 is 9.73 Å². The molecule has 0 bridgehead atoms. The SMILES string of the molecule is O=C(CNC(=S)NC(=O)c1ccco1)c1ccc(F)cc1. The zero-order chi connectivity index (χ0) is 15.2. The molecule has 0 spiro atoms. The number of Topliss-reactive ketones (excluding diaryl/α,β-unsaturated/α-hetero) is 1. The highest BCUT2D eigenvalue weighted by atomic mass is 32.1. The average Bonchev–Trinajstić information content (AvgIpc) is 3.00.